The molecule has 2 N–H and O–H groups in total. The fourth-order valence-corrected chi connectivity index (χ4v) is 4.94. The largest absolute Gasteiger partial charge is 0.280 e. The molecule has 6 nitrogen and oxygen atoms in total. The van der Waals surface area contributed by atoms with E-state index in [1.807, 2.05) is 13.0 Å². The van der Waals surface area contributed by atoms with Crippen LogP contribution in [0.1, 0.15) is 11.1 Å². The predicted molar refractivity (Wildman–Crippen MR) is 115 cm³/mol. The Morgan fingerprint density at radius 2 is 1.34 bits per heavy atom. The molecule has 0 spiro atoms. The molecule has 0 fully saturated rings. The molecule has 9 heteroatoms. The van der Waals surface area contributed by atoms with Crippen molar-refractivity contribution in [1.82, 2.24) is 0 Å². The van der Waals surface area contributed by atoms with Gasteiger partial charge in [-0.3, -0.25) is 9.44 Å². The summed E-state index contributed by atoms with van der Waals surface area (Å²) >= 11 is 5.81. The van der Waals surface area contributed by atoms with E-state index >= 15 is 0 Å². The number of hydrogen-bond acceptors (Lipinski definition) is 4. The number of sulfonamides is 2. The molecular formula is C20H19ClN2O4S2. The number of halogens is 1. The van der Waals surface area contributed by atoms with Crippen LogP contribution in [-0.2, 0) is 20.0 Å². The van der Waals surface area contributed by atoms with Crippen molar-refractivity contribution < 1.29 is 16.8 Å². The lowest BCUT2D eigenvalue weighted by molar-refractivity contribution is 0.598. The van der Waals surface area contributed by atoms with Gasteiger partial charge in [0.15, 0.2) is 0 Å². The number of benzene rings is 3. The molecule has 0 aliphatic carbocycles. The average Bonchev–Trinajstić information content (AvgIpc) is 2.63. The summed E-state index contributed by atoms with van der Waals surface area (Å²) in [4.78, 5) is -0.0362. The van der Waals surface area contributed by atoms with Crippen molar-refractivity contribution in [2.75, 3.05) is 9.44 Å². The van der Waals surface area contributed by atoms with Gasteiger partial charge >= 0.3 is 0 Å². The molecule has 0 aliphatic heterocycles. The smallest absolute Gasteiger partial charge is 0.261 e. The first-order chi connectivity index (χ1) is 13.6. The Morgan fingerprint density at radius 3 is 2.00 bits per heavy atom. The first-order valence-electron chi connectivity index (χ1n) is 8.55. The zero-order chi connectivity index (χ0) is 21.2. The first-order valence-corrected chi connectivity index (χ1v) is 11.9. The third-order valence-electron chi connectivity index (χ3n) is 4.16. The van der Waals surface area contributed by atoms with Crippen LogP contribution in [0.15, 0.2) is 76.5 Å². The van der Waals surface area contributed by atoms with E-state index in [9.17, 15) is 16.8 Å². The van der Waals surface area contributed by atoms with E-state index in [0.717, 1.165) is 5.56 Å². The van der Waals surface area contributed by atoms with Crippen molar-refractivity contribution in [3.05, 3.63) is 82.9 Å². The van der Waals surface area contributed by atoms with Crippen molar-refractivity contribution >= 4 is 43.0 Å². The number of hydrogen-bond donors (Lipinski definition) is 2. The topological polar surface area (TPSA) is 92.3 Å². The van der Waals surface area contributed by atoms with E-state index in [0.29, 0.717) is 16.3 Å². The van der Waals surface area contributed by atoms with E-state index < -0.39 is 20.0 Å². The van der Waals surface area contributed by atoms with Crippen LogP contribution in [0.3, 0.4) is 0 Å². The Hall–Kier alpha value is -2.55. The summed E-state index contributed by atoms with van der Waals surface area (Å²) in [5.74, 6) is 0. The van der Waals surface area contributed by atoms with Crippen molar-refractivity contribution in [2.24, 2.45) is 0 Å². The minimum atomic E-state index is -3.90. The Kier molecular flexibility index (Phi) is 5.88. The SMILES string of the molecule is Cc1cccc(NS(=O)(=O)c2ccc(C)c(NS(=O)(=O)c3ccc(Cl)cc3)c2)c1. The maximum Gasteiger partial charge on any atom is 0.261 e. The summed E-state index contributed by atoms with van der Waals surface area (Å²) in [7, 11) is -7.80. The quantitative estimate of drug-likeness (QED) is 0.575. The minimum absolute atomic E-state index is 0.0208. The lowest BCUT2D eigenvalue weighted by Gasteiger charge is -2.14. The lowest BCUT2D eigenvalue weighted by atomic mass is 10.2. The van der Waals surface area contributed by atoms with Gasteiger partial charge in [0.1, 0.15) is 0 Å². The van der Waals surface area contributed by atoms with Gasteiger partial charge in [-0.15, -0.1) is 0 Å². The molecule has 0 saturated carbocycles. The molecular weight excluding hydrogens is 432 g/mol. The Balaban J connectivity index is 1.92. The van der Waals surface area contributed by atoms with E-state index in [1.165, 1.54) is 36.4 Å². The summed E-state index contributed by atoms with van der Waals surface area (Å²) in [5.41, 5.74) is 2.09. The molecule has 29 heavy (non-hydrogen) atoms. The Bertz CT molecular complexity index is 1260. The number of rotatable bonds is 6. The maximum atomic E-state index is 12.7. The molecule has 0 saturated heterocycles. The van der Waals surface area contributed by atoms with Crippen LogP contribution >= 0.6 is 11.6 Å². The summed E-state index contributed by atoms with van der Waals surface area (Å²) in [6.07, 6.45) is 0. The highest BCUT2D eigenvalue weighted by molar-refractivity contribution is 7.93. The van der Waals surface area contributed by atoms with Crippen LogP contribution in [0.25, 0.3) is 0 Å². The molecule has 0 heterocycles. The molecule has 0 aliphatic rings. The van der Waals surface area contributed by atoms with Crippen LogP contribution < -0.4 is 9.44 Å². The van der Waals surface area contributed by atoms with Crippen molar-refractivity contribution in [2.45, 2.75) is 23.6 Å². The van der Waals surface area contributed by atoms with Gasteiger partial charge in [0.2, 0.25) is 0 Å². The Labute approximate surface area is 175 Å². The average molecular weight is 451 g/mol. The van der Waals surface area contributed by atoms with Crippen LogP contribution in [0.5, 0.6) is 0 Å². The highest BCUT2D eigenvalue weighted by Crippen LogP contribution is 2.25. The van der Waals surface area contributed by atoms with Gasteiger partial charge in [0, 0.05) is 10.7 Å². The summed E-state index contributed by atoms with van der Waals surface area (Å²) in [6, 6.07) is 16.9. The molecule has 0 unspecified atom stereocenters. The molecule has 3 aromatic rings. The second-order valence-electron chi connectivity index (χ2n) is 6.51. The molecule has 0 bridgehead atoms. The fraction of sp³-hybridized carbons (Fsp3) is 0.100. The number of aryl methyl sites for hydroxylation is 2. The van der Waals surface area contributed by atoms with E-state index in [2.05, 4.69) is 9.44 Å². The molecule has 0 radical (unpaired) electrons. The van der Waals surface area contributed by atoms with Gasteiger partial charge in [-0.05, 0) is 73.5 Å². The molecule has 0 atom stereocenters. The maximum absolute atomic E-state index is 12.7. The van der Waals surface area contributed by atoms with Gasteiger partial charge in [0.25, 0.3) is 20.0 Å². The number of nitrogens with one attached hydrogen (secondary N) is 2. The van der Waals surface area contributed by atoms with E-state index in [-0.39, 0.29) is 15.5 Å². The van der Waals surface area contributed by atoms with E-state index in [1.54, 1.807) is 31.2 Å². The van der Waals surface area contributed by atoms with Gasteiger partial charge in [0.05, 0.1) is 15.5 Å². The highest BCUT2D eigenvalue weighted by atomic mass is 35.5. The van der Waals surface area contributed by atoms with Crippen molar-refractivity contribution in [3.8, 4) is 0 Å². The number of anilines is 2. The van der Waals surface area contributed by atoms with Crippen molar-refractivity contribution in [3.63, 3.8) is 0 Å². The summed E-state index contributed by atoms with van der Waals surface area (Å²) in [5, 5.41) is 0.412. The third kappa shape index (κ3) is 5.09. The van der Waals surface area contributed by atoms with Crippen LogP contribution in [0, 0.1) is 13.8 Å². The third-order valence-corrected chi connectivity index (χ3v) is 7.17. The molecule has 0 amide bonds. The van der Waals surface area contributed by atoms with E-state index in [4.69, 9.17) is 11.6 Å². The van der Waals surface area contributed by atoms with Gasteiger partial charge < -0.3 is 0 Å². The monoisotopic (exact) mass is 450 g/mol. The molecule has 3 aromatic carbocycles. The van der Waals surface area contributed by atoms with Crippen LogP contribution in [0.4, 0.5) is 11.4 Å². The van der Waals surface area contributed by atoms with Gasteiger partial charge in [-0.2, -0.15) is 0 Å². The zero-order valence-electron chi connectivity index (χ0n) is 15.7. The first kappa shape index (κ1) is 21.2. The van der Waals surface area contributed by atoms with Crippen LogP contribution in [0.2, 0.25) is 5.02 Å². The fourth-order valence-electron chi connectivity index (χ4n) is 2.62. The summed E-state index contributed by atoms with van der Waals surface area (Å²) in [6.45, 7) is 3.54. The Morgan fingerprint density at radius 1 is 0.724 bits per heavy atom. The molecule has 0 aromatic heterocycles. The molecule has 152 valence electrons. The predicted octanol–water partition coefficient (Wildman–Crippen LogP) is 4.56. The standard InChI is InChI=1S/C20H19ClN2O4S2/c1-14-4-3-5-17(12-14)22-29(26,27)19-9-6-15(2)20(13-19)23-28(24,25)18-10-7-16(21)8-11-18/h3-13,22-23H,1-2H3. The molecule has 3 rings (SSSR count). The van der Waals surface area contributed by atoms with Gasteiger partial charge in [-0.1, -0.05) is 29.8 Å². The van der Waals surface area contributed by atoms with Gasteiger partial charge in [-0.25, -0.2) is 16.8 Å². The normalized spacial score (nSPS) is 11.8. The highest BCUT2D eigenvalue weighted by Gasteiger charge is 2.19. The second kappa shape index (κ2) is 8.06. The zero-order valence-corrected chi connectivity index (χ0v) is 18.1. The van der Waals surface area contributed by atoms with Crippen LogP contribution in [-0.4, -0.2) is 16.8 Å². The second-order valence-corrected chi connectivity index (χ2v) is 10.3. The minimum Gasteiger partial charge on any atom is -0.280 e. The summed E-state index contributed by atoms with van der Waals surface area (Å²) < 4.78 is 55.7. The van der Waals surface area contributed by atoms with Crippen molar-refractivity contribution in [1.29, 1.82) is 0 Å². The lowest BCUT2D eigenvalue weighted by Crippen LogP contribution is -2.16.